The molecule has 20 heavy (non-hydrogen) atoms. The molecule has 1 aromatic rings. The highest BCUT2D eigenvalue weighted by Crippen LogP contribution is 2.20. The fourth-order valence-corrected chi connectivity index (χ4v) is 1.99. The molecule has 3 N–H and O–H groups in total. The number of carbonyl (C=O) groups excluding carboxylic acids is 1. The van der Waals surface area contributed by atoms with E-state index in [4.69, 9.17) is 17.3 Å². The minimum Gasteiger partial charge on any atom is -0.348 e. The fourth-order valence-electron chi connectivity index (χ4n) is 1.80. The van der Waals surface area contributed by atoms with E-state index < -0.39 is 11.9 Å². The summed E-state index contributed by atoms with van der Waals surface area (Å²) in [6.07, 6.45) is 0.628. The Kier molecular flexibility index (Phi) is 8.09. The number of nitrogens with one attached hydrogen (secondary N) is 1. The topological polar surface area (TPSA) is 55.1 Å². The van der Waals surface area contributed by atoms with Gasteiger partial charge >= 0.3 is 0 Å². The molecule has 0 aliphatic rings. The molecule has 1 amide bonds. The first-order chi connectivity index (χ1) is 8.81. The van der Waals surface area contributed by atoms with E-state index in [1.54, 1.807) is 6.07 Å². The van der Waals surface area contributed by atoms with Gasteiger partial charge in [0.15, 0.2) is 0 Å². The van der Waals surface area contributed by atoms with Crippen LogP contribution in [0.3, 0.4) is 0 Å². The van der Waals surface area contributed by atoms with Gasteiger partial charge < -0.3 is 11.1 Å². The van der Waals surface area contributed by atoms with Crippen LogP contribution in [0.1, 0.15) is 38.8 Å². The van der Waals surface area contributed by atoms with Crippen LogP contribution < -0.4 is 11.1 Å². The summed E-state index contributed by atoms with van der Waals surface area (Å²) in [4.78, 5) is 11.9. The van der Waals surface area contributed by atoms with Crippen molar-refractivity contribution in [1.82, 2.24) is 5.32 Å². The number of rotatable bonds is 5. The molecule has 0 spiro atoms. The minimum absolute atomic E-state index is 0. The van der Waals surface area contributed by atoms with Crippen molar-refractivity contribution in [3.05, 3.63) is 34.6 Å². The molecule has 0 heterocycles. The van der Waals surface area contributed by atoms with Crippen molar-refractivity contribution >= 4 is 29.9 Å². The SMILES string of the molecule is CC(C)C[C@H](N)C(=O)NC(C)c1ccc(F)c(Cl)c1.Cl. The number of amides is 1. The Bertz CT molecular complexity index is 455. The highest BCUT2D eigenvalue weighted by atomic mass is 35.5. The fraction of sp³-hybridized carbons (Fsp3) is 0.500. The van der Waals surface area contributed by atoms with Crippen molar-refractivity contribution in [1.29, 1.82) is 0 Å². The second-order valence-electron chi connectivity index (χ2n) is 5.14. The lowest BCUT2D eigenvalue weighted by Crippen LogP contribution is -2.42. The van der Waals surface area contributed by atoms with Crippen molar-refractivity contribution in [2.45, 2.75) is 39.3 Å². The Morgan fingerprint density at radius 2 is 2.00 bits per heavy atom. The lowest BCUT2D eigenvalue weighted by atomic mass is 10.0. The lowest BCUT2D eigenvalue weighted by Gasteiger charge is -2.19. The van der Waals surface area contributed by atoms with Gasteiger partial charge in [-0.05, 0) is 37.0 Å². The van der Waals surface area contributed by atoms with Crippen LogP contribution in [0.4, 0.5) is 4.39 Å². The maximum atomic E-state index is 13.1. The summed E-state index contributed by atoms with van der Waals surface area (Å²) in [6, 6.07) is 3.60. The van der Waals surface area contributed by atoms with Crippen LogP contribution in [-0.2, 0) is 4.79 Å². The van der Waals surface area contributed by atoms with E-state index in [2.05, 4.69) is 5.32 Å². The Balaban J connectivity index is 0.00000361. The number of hydrogen-bond acceptors (Lipinski definition) is 2. The molecule has 0 saturated carbocycles. The maximum Gasteiger partial charge on any atom is 0.237 e. The van der Waals surface area contributed by atoms with Crippen LogP contribution in [0.25, 0.3) is 0 Å². The maximum absolute atomic E-state index is 13.1. The molecule has 1 aromatic carbocycles. The van der Waals surface area contributed by atoms with E-state index in [-0.39, 0.29) is 29.4 Å². The average Bonchev–Trinajstić information content (AvgIpc) is 2.31. The highest BCUT2D eigenvalue weighted by Gasteiger charge is 2.18. The van der Waals surface area contributed by atoms with Gasteiger partial charge in [0.1, 0.15) is 5.82 Å². The molecule has 6 heteroatoms. The van der Waals surface area contributed by atoms with Gasteiger partial charge in [0.05, 0.1) is 17.1 Å². The third-order valence-corrected chi connectivity index (χ3v) is 3.15. The Labute approximate surface area is 130 Å². The largest absolute Gasteiger partial charge is 0.348 e. The number of benzene rings is 1. The van der Waals surface area contributed by atoms with Gasteiger partial charge in [0.25, 0.3) is 0 Å². The molecule has 0 aliphatic heterocycles. The molecule has 1 unspecified atom stereocenters. The third-order valence-electron chi connectivity index (χ3n) is 2.86. The van der Waals surface area contributed by atoms with Gasteiger partial charge in [0, 0.05) is 0 Å². The molecule has 0 aromatic heterocycles. The predicted molar refractivity (Wildman–Crippen MR) is 82.6 cm³/mol. The van der Waals surface area contributed by atoms with E-state index in [1.165, 1.54) is 12.1 Å². The zero-order valence-electron chi connectivity index (χ0n) is 11.8. The van der Waals surface area contributed by atoms with Gasteiger partial charge in [-0.15, -0.1) is 12.4 Å². The van der Waals surface area contributed by atoms with Crippen LogP contribution in [0.15, 0.2) is 18.2 Å². The smallest absolute Gasteiger partial charge is 0.237 e. The average molecular weight is 323 g/mol. The molecule has 0 aliphatic carbocycles. The van der Waals surface area contributed by atoms with Crippen molar-refractivity contribution in [2.24, 2.45) is 11.7 Å². The Morgan fingerprint density at radius 1 is 1.40 bits per heavy atom. The summed E-state index contributed by atoms with van der Waals surface area (Å²) < 4.78 is 13.1. The van der Waals surface area contributed by atoms with Crippen LogP contribution in [-0.4, -0.2) is 11.9 Å². The van der Waals surface area contributed by atoms with Crippen molar-refractivity contribution in [2.75, 3.05) is 0 Å². The summed E-state index contributed by atoms with van der Waals surface area (Å²) in [5, 5.41) is 2.85. The van der Waals surface area contributed by atoms with Crippen LogP contribution >= 0.6 is 24.0 Å². The van der Waals surface area contributed by atoms with Gasteiger partial charge in [-0.1, -0.05) is 31.5 Å². The monoisotopic (exact) mass is 322 g/mol. The first-order valence-corrected chi connectivity index (χ1v) is 6.70. The second kappa shape index (κ2) is 8.45. The molecule has 0 bridgehead atoms. The van der Waals surface area contributed by atoms with E-state index in [1.807, 2.05) is 20.8 Å². The van der Waals surface area contributed by atoms with Gasteiger partial charge in [0.2, 0.25) is 5.91 Å². The lowest BCUT2D eigenvalue weighted by molar-refractivity contribution is -0.123. The molecular weight excluding hydrogens is 302 g/mol. The molecule has 0 radical (unpaired) electrons. The number of carbonyl (C=O) groups is 1. The standard InChI is InChI=1S/C14H20ClFN2O.ClH/c1-8(2)6-13(17)14(19)18-9(3)10-4-5-12(16)11(15)7-10;/h4-5,7-9,13H,6,17H2,1-3H3,(H,18,19);1H/t9?,13-;/m0./s1. The Morgan fingerprint density at radius 3 is 2.50 bits per heavy atom. The molecule has 0 saturated heterocycles. The first kappa shape index (κ1) is 19.2. The van der Waals surface area contributed by atoms with Gasteiger partial charge in [-0.3, -0.25) is 4.79 Å². The third kappa shape index (κ3) is 5.65. The summed E-state index contributed by atoms with van der Waals surface area (Å²) >= 11 is 5.71. The molecule has 1 rings (SSSR count). The van der Waals surface area contributed by atoms with Crippen molar-refractivity contribution < 1.29 is 9.18 Å². The Hall–Kier alpha value is -0.840. The van der Waals surface area contributed by atoms with Crippen molar-refractivity contribution in [3.63, 3.8) is 0 Å². The number of halogens is 3. The van der Waals surface area contributed by atoms with Crippen LogP contribution in [0.2, 0.25) is 5.02 Å². The zero-order valence-corrected chi connectivity index (χ0v) is 13.4. The van der Waals surface area contributed by atoms with Crippen LogP contribution in [0.5, 0.6) is 0 Å². The molecular formula is C14H21Cl2FN2O. The molecule has 114 valence electrons. The summed E-state index contributed by atoms with van der Waals surface area (Å²) in [5.41, 5.74) is 6.55. The summed E-state index contributed by atoms with van der Waals surface area (Å²) in [6.45, 7) is 5.83. The summed E-state index contributed by atoms with van der Waals surface area (Å²) in [7, 11) is 0. The first-order valence-electron chi connectivity index (χ1n) is 6.32. The molecule has 2 atom stereocenters. The quantitative estimate of drug-likeness (QED) is 0.872. The van der Waals surface area contributed by atoms with Gasteiger partial charge in [-0.25, -0.2) is 4.39 Å². The normalized spacial score (nSPS) is 13.6. The van der Waals surface area contributed by atoms with Crippen molar-refractivity contribution in [3.8, 4) is 0 Å². The van der Waals surface area contributed by atoms with E-state index in [9.17, 15) is 9.18 Å². The van der Waals surface area contributed by atoms with Gasteiger partial charge in [-0.2, -0.15) is 0 Å². The highest BCUT2D eigenvalue weighted by molar-refractivity contribution is 6.30. The number of hydrogen-bond donors (Lipinski definition) is 2. The number of nitrogens with two attached hydrogens (primary N) is 1. The summed E-state index contributed by atoms with van der Waals surface area (Å²) in [5.74, 6) is -0.321. The minimum atomic E-state index is -0.529. The van der Waals surface area contributed by atoms with E-state index >= 15 is 0 Å². The van der Waals surface area contributed by atoms with Crippen LogP contribution in [0, 0.1) is 11.7 Å². The molecule has 0 fully saturated rings. The molecule has 3 nitrogen and oxygen atoms in total. The second-order valence-corrected chi connectivity index (χ2v) is 5.55. The predicted octanol–water partition coefficient (Wildman–Crippen LogP) is 3.45. The van der Waals surface area contributed by atoms with E-state index in [0.29, 0.717) is 12.3 Å². The zero-order chi connectivity index (χ0) is 14.6. The van der Waals surface area contributed by atoms with E-state index in [0.717, 1.165) is 5.56 Å².